The van der Waals surface area contributed by atoms with Crippen molar-refractivity contribution in [3.63, 3.8) is 0 Å². The molecule has 0 spiro atoms. The molecule has 0 saturated carbocycles. The van der Waals surface area contributed by atoms with Crippen LogP contribution in [0.15, 0.2) is 24.3 Å². The van der Waals surface area contributed by atoms with Gasteiger partial charge in [-0.25, -0.2) is 4.79 Å². The van der Waals surface area contributed by atoms with E-state index >= 15 is 0 Å². The van der Waals surface area contributed by atoms with Crippen molar-refractivity contribution in [2.24, 2.45) is 0 Å². The summed E-state index contributed by atoms with van der Waals surface area (Å²) in [6.07, 6.45) is 1.70. The highest BCUT2D eigenvalue weighted by atomic mass is 16.6. The normalized spacial score (nSPS) is 25.0. The molecule has 2 aliphatic heterocycles. The van der Waals surface area contributed by atoms with Gasteiger partial charge in [0.05, 0.1) is 6.04 Å². The average Bonchev–Trinajstić information content (AvgIpc) is 2.53. The summed E-state index contributed by atoms with van der Waals surface area (Å²) in [6, 6.07) is 9.10. The summed E-state index contributed by atoms with van der Waals surface area (Å²) in [5.74, 6) is 0. The Morgan fingerprint density at radius 1 is 1.29 bits per heavy atom. The van der Waals surface area contributed by atoms with Crippen LogP contribution in [0.3, 0.4) is 0 Å². The molecule has 0 aromatic heterocycles. The lowest BCUT2D eigenvalue weighted by Gasteiger charge is -2.42. The largest absolute Gasteiger partial charge is 0.444 e. The highest BCUT2D eigenvalue weighted by Gasteiger charge is 2.33. The first kappa shape index (κ1) is 17.2. The minimum atomic E-state index is -0.462. The van der Waals surface area contributed by atoms with Gasteiger partial charge in [0.2, 0.25) is 0 Å². The van der Waals surface area contributed by atoms with Gasteiger partial charge >= 0.3 is 6.09 Å². The zero-order valence-corrected chi connectivity index (χ0v) is 15.0. The lowest BCUT2D eigenvalue weighted by atomic mass is 9.94. The standard InChI is InChI=1S/C19H29N3O2/c1-19(2,3)24-18(23)21-16-8-10-20-12-17(16)22-11-9-14-6-4-5-7-15(14)13-22/h4-7,16-17,20H,8-13H2,1-3H3,(H,21,23)/t16-,17-/m0/s1. The van der Waals surface area contributed by atoms with E-state index in [-0.39, 0.29) is 12.1 Å². The van der Waals surface area contributed by atoms with E-state index in [2.05, 4.69) is 39.8 Å². The second kappa shape index (κ2) is 7.11. The van der Waals surface area contributed by atoms with Gasteiger partial charge in [-0.15, -0.1) is 0 Å². The number of carbonyl (C=O) groups excluding carboxylic acids is 1. The molecule has 1 fully saturated rings. The smallest absolute Gasteiger partial charge is 0.407 e. The van der Waals surface area contributed by atoms with Crippen molar-refractivity contribution >= 4 is 6.09 Å². The van der Waals surface area contributed by atoms with Crippen molar-refractivity contribution in [1.82, 2.24) is 15.5 Å². The molecular formula is C19H29N3O2. The van der Waals surface area contributed by atoms with Crippen LogP contribution < -0.4 is 10.6 Å². The molecule has 0 aliphatic carbocycles. The quantitative estimate of drug-likeness (QED) is 0.873. The summed E-state index contributed by atoms with van der Waals surface area (Å²) in [5.41, 5.74) is 2.40. The van der Waals surface area contributed by atoms with E-state index in [1.807, 2.05) is 20.8 Å². The number of alkyl carbamates (subject to hydrolysis) is 1. The maximum absolute atomic E-state index is 12.2. The third kappa shape index (κ3) is 4.28. The number of benzene rings is 1. The monoisotopic (exact) mass is 331 g/mol. The lowest BCUT2D eigenvalue weighted by Crippen LogP contribution is -2.60. The molecule has 5 heteroatoms. The van der Waals surface area contributed by atoms with Gasteiger partial charge in [-0.2, -0.15) is 0 Å². The Morgan fingerprint density at radius 2 is 2.04 bits per heavy atom. The van der Waals surface area contributed by atoms with E-state index < -0.39 is 5.60 Å². The first-order valence-corrected chi connectivity index (χ1v) is 8.93. The van der Waals surface area contributed by atoms with Crippen molar-refractivity contribution < 1.29 is 9.53 Å². The van der Waals surface area contributed by atoms with E-state index in [1.165, 1.54) is 11.1 Å². The predicted octanol–water partition coefficient (Wildman–Crippen LogP) is 2.30. The van der Waals surface area contributed by atoms with E-state index in [9.17, 15) is 4.79 Å². The van der Waals surface area contributed by atoms with Crippen LogP contribution in [0, 0.1) is 0 Å². The molecule has 1 saturated heterocycles. The van der Waals surface area contributed by atoms with Crippen LogP contribution in [0.4, 0.5) is 4.79 Å². The number of amides is 1. The molecule has 2 heterocycles. The number of piperidine rings is 1. The fourth-order valence-corrected chi connectivity index (χ4v) is 3.65. The van der Waals surface area contributed by atoms with Crippen LogP contribution in [0.25, 0.3) is 0 Å². The van der Waals surface area contributed by atoms with Crippen LogP contribution in [0.5, 0.6) is 0 Å². The number of ether oxygens (including phenoxy) is 1. The molecule has 3 rings (SSSR count). The summed E-state index contributed by atoms with van der Waals surface area (Å²) < 4.78 is 5.44. The first-order valence-electron chi connectivity index (χ1n) is 8.93. The Kier molecular flexibility index (Phi) is 5.11. The fraction of sp³-hybridized carbons (Fsp3) is 0.632. The number of hydrogen-bond acceptors (Lipinski definition) is 4. The summed E-state index contributed by atoms with van der Waals surface area (Å²) in [6.45, 7) is 9.52. The Balaban J connectivity index is 1.66. The van der Waals surface area contributed by atoms with Crippen molar-refractivity contribution in [3.05, 3.63) is 35.4 Å². The van der Waals surface area contributed by atoms with Crippen LogP contribution in [-0.4, -0.2) is 48.3 Å². The van der Waals surface area contributed by atoms with Crippen molar-refractivity contribution in [1.29, 1.82) is 0 Å². The Hall–Kier alpha value is -1.59. The van der Waals surface area contributed by atoms with Crippen LogP contribution >= 0.6 is 0 Å². The third-order valence-electron chi connectivity index (χ3n) is 4.78. The molecule has 2 aliphatic rings. The Labute approximate surface area is 144 Å². The number of rotatable bonds is 2. The third-order valence-corrected chi connectivity index (χ3v) is 4.78. The SMILES string of the molecule is CC(C)(C)OC(=O)N[C@H]1CCNC[C@@H]1N1CCc2ccccc2C1. The molecule has 5 nitrogen and oxygen atoms in total. The summed E-state index contributed by atoms with van der Waals surface area (Å²) >= 11 is 0. The second-order valence-electron chi connectivity index (χ2n) is 7.80. The molecule has 2 N–H and O–H groups in total. The van der Waals surface area contributed by atoms with Gasteiger partial charge in [0.15, 0.2) is 0 Å². The molecule has 132 valence electrons. The van der Waals surface area contributed by atoms with E-state index in [4.69, 9.17) is 4.74 Å². The van der Waals surface area contributed by atoms with Crippen LogP contribution in [0.2, 0.25) is 0 Å². The van der Waals surface area contributed by atoms with E-state index in [0.29, 0.717) is 6.04 Å². The van der Waals surface area contributed by atoms with Gasteiger partial charge in [-0.1, -0.05) is 24.3 Å². The van der Waals surface area contributed by atoms with Gasteiger partial charge in [-0.05, 0) is 51.3 Å². The van der Waals surface area contributed by atoms with Crippen LogP contribution in [-0.2, 0) is 17.7 Å². The van der Waals surface area contributed by atoms with E-state index in [1.54, 1.807) is 0 Å². The average molecular weight is 331 g/mol. The lowest BCUT2D eigenvalue weighted by molar-refractivity contribution is 0.0425. The maximum atomic E-state index is 12.2. The van der Waals surface area contributed by atoms with Gasteiger partial charge in [0.25, 0.3) is 0 Å². The van der Waals surface area contributed by atoms with Crippen LogP contribution in [0.1, 0.15) is 38.3 Å². The number of carbonyl (C=O) groups is 1. The van der Waals surface area contributed by atoms with Gasteiger partial charge < -0.3 is 15.4 Å². The Morgan fingerprint density at radius 3 is 2.79 bits per heavy atom. The molecule has 1 aromatic carbocycles. The number of fused-ring (bicyclic) bond motifs is 1. The second-order valence-corrected chi connectivity index (χ2v) is 7.80. The number of nitrogens with zero attached hydrogens (tertiary/aromatic N) is 1. The maximum Gasteiger partial charge on any atom is 0.407 e. The molecule has 24 heavy (non-hydrogen) atoms. The topological polar surface area (TPSA) is 53.6 Å². The molecule has 2 atom stereocenters. The minimum Gasteiger partial charge on any atom is -0.444 e. The van der Waals surface area contributed by atoms with Crippen molar-refractivity contribution in [3.8, 4) is 0 Å². The zero-order valence-electron chi connectivity index (χ0n) is 15.0. The van der Waals surface area contributed by atoms with Gasteiger partial charge in [0, 0.05) is 25.7 Å². The zero-order chi connectivity index (χ0) is 17.2. The summed E-state index contributed by atoms with van der Waals surface area (Å²) in [7, 11) is 0. The number of nitrogens with one attached hydrogen (secondary N) is 2. The van der Waals surface area contributed by atoms with Crippen molar-refractivity contribution in [2.75, 3.05) is 19.6 Å². The molecule has 1 amide bonds. The van der Waals surface area contributed by atoms with Gasteiger partial charge in [0.1, 0.15) is 5.60 Å². The number of hydrogen-bond donors (Lipinski definition) is 2. The summed E-state index contributed by atoms with van der Waals surface area (Å²) in [4.78, 5) is 14.7. The first-order chi connectivity index (χ1) is 11.4. The molecule has 0 unspecified atom stereocenters. The molecule has 1 aromatic rings. The molecular weight excluding hydrogens is 302 g/mol. The highest BCUT2D eigenvalue weighted by Crippen LogP contribution is 2.23. The summed E-state index contributed by atoms with van der Waals surface area (Å²) in [5, 5.41) is 6.58. The minimum absolute atomic E-state index is 0.131. The predicted molar refractivity (Wildman–Crippen MR) is 95.0 cm³/mol. The highest BCUT2D eigenvalue weighted by molar-refractivity contribution is 5.68. The molecule has 0 radical (unpaired) electrons. The molecule has 0 bridgehead atoms. The Bertz CT molecular complexity index is 582. The van der Waals surface area contributed by atoms with E-state index in [0.717, 1.165) is 39.0 Å². The van der Waals surface area contributed by atoms with Gasteiger partial charge in [-0.3, -0.25) is 4.90 Å². The van der Waals surface area contributed by atoms with Crippen molar-refractivity contribution in [2.45, 2.75) is 57.8 Å². The fourth-order valence-electron chi connectivity index (χ4n) is 3.65.